The molecular formula is C17H20N4O3S. The Morgan fingerprint density at radius 1 is 1.20 bits per heavy atom. The molecule has 8 heteroatoms. The molecule has 0 aliphatic carbocycles. The van der Waals surface area contributed by atoms with Gasteiger partial charge in [0.15, 0.2) is 5.84 Å². The van der Waals surface area contributed by atoms with Gasteiger partial charge < -0.3 is 5.32 Å². The van der Waals surface area contributed by atoms with Crippen molar-refractivity contribution >= 4 is 21.8 Å². The van der Waals surface area contributed by atoms with Gasteiger partial charge in [-0.25, -0.2) is 0 Å². The number of amides is 1. The number of nitrogens with one attached hydrogen (secondary N) is 1. The lowest BCUT2D eigenvalue weighted by molar-refractivity contribution is -0.124. The number of hydrogen-bond donors (Lipinski definition) is 1. The molecule has 0 saturated carbocycles. The highest BCUT2D eigenvalue weighted by Gasteiger charge is 2.33. The monoisotopic (exact) mass is 360 g/mol. The van der Waals surface area contributed by atoms with E-state index < -0.39 is 16.1 Å². The number of carbonyl (C=O) groups is 1. The molecule has 0 fully saturated rings. The molecule has 1 aliphatic heterocycles. The van der Waals surface area contributed by atoms with Gasteiger partial charge in [-0.3, -0.25) is 9.48 Å². The van der Waals surface area contributed by atoms with Gasteiger partial charge in [-0.2, -0.15) is 13.5 Å². The quantitative estimate of drug-likeness (QED) is 0.905. The molecular weight excluding hydrogens is 340 g/mol. The van der Waals surface area contributed by atoms with Crippen LogP contribution in [0.5, 0.6) is 0 Å². The van der Waals surface area contributed by atoms with Crippen molar-refractivity contribution in [3.8, 4) is 0 Å². The smallest absolute Gasteiger partial charge is 0.285 e. The van der Waals surface area contributed by atoms with E-state index >= 15 is 0 Å². The summed E-state index contributed by atoms with van der Waals surface area (Å²) in [5, 5.41) is 7.08. The van der Waals surface area contributed by atoms with Crippen LogP contribution < -0.4 is 5.32 Å². The van der Waals surface area contributed by atoms with E-state index in [0.717, 1.165) is 11.4 Å². The molecule has 7 nitrogen and oxygen atoms in total. The Bertz CT molecular complexity index is 974. The Kier molecular flexibility index (Phi) is 4.24. The van der Waals surface area contributed by atoms with Crippen molar-refractivity contribution in [3.05, 3.63) is 47.3 Å². The Hall–Kier alpha value is -2.48. The highest BCUT2D eigenvalue weighted by molar-refractivity contribution is 7.90. The summed E-state index contributed by atoms with van der Waals surface area (Å²) in [7, 11) is -3.76. The lowest BCUT2D eigenvalue weighted by atomic mass is 10.0. The Labute approximate surface area is 146 Å². The van der Waals surface area contributed by atoms with Crippen LogP contribution in [0.1, 0.15) is 36.8 Å². The van der Waals surface area contributed by atoms with Crippen molar-refractivity contribution in [1.29, 1.82) is 0 Å². The average Bonchev–Trinajstić information content (AvgIpc) is 2.96. The Morgan fingerprint density at radius 3 is 2.48 bits per heavy atom. The zero-order valence-electron chi connectivity index (χ0n) is 14.5. The molecule has 1 atom stereocenters. The summed E-state index contributed by atoms with van der Waals surface area (Å²) in [5.41, 5.74) is 2.10. The fourth-order valence-corrected chi connectivity index (χ4v) is 4.19. The highest BCUT2D eigenvalue weighted by Crippen LogP contribution is 2.26. The summed E-state index contributed by atoms with van der Waals surface area (Å²) >= 11 is 0. The molecule has 2 heterocycles. The topological polar surface area (TPSA) is 93.4 Å². The average molecular weight is 360 g/mol. The van der Waals surface area contributed by atoms with E-state index in [1.165, 1.54) is 6.07 Å². The van der Waals surface area contributed by atoms with Crippen LogP contribution in [0.4, 0.5) is 0 Å². The first-order chi connectivity index (χ1) is 11.7. The molecule has 25 heavy (non-hydrogen) atoms. The maximum absolute atomic E-state index is 12.9. The van der Waals surface area contributed by atoms with Crippen LogP contribution in [-0.2, 0) is 14.8 Å². The van der Waals surface area contributed by atoms with Crippen LogP contribution in [0, 0.1) is 19.8 Å². The van der Waals surface area contributed by atoms with E-state index in [1.807, 2.05) is 33.8 Å². The first-order valence-corrected chi connectivity index (χ1v) is 9.42. The van der Waals surface area contributed by atoms with Gasteiger partial charge in [0.1, 0.15) is 10.9 Å². The van der Waals surface area contributed by atoms with Crippen molar-refractivity contribution in [2.75, 3.05) is 0 Å². The number of aromatic nitrogens is 2. The van der Waals surface area contributed by atoms with E-state index in [9.17, 15) is 13.2 Å². The number of aryl methyl sites for hydroxylation is 2. The molecule has 132 valence electrons. The van der Waals surface area contributed by atoms with Crippen LogP contribution >= 0.6 is 0 Å². The number of fused-ring (bicyclic) bond motifs is 1. The molecule has 1 unspecified atom stereocenters. The summed E-state index contributed by atoms with van der Waals surface area (Å²) in [5.74, 6) is -0.313. The third-order valence-corrected chi connectivity index (χ3v) is 5.42. The summed E-state index contributed by atoms with van der Waals surface area (Å²) in [6.45, 7) is 7.59. The van der Waals surface area contributed by atoms with E-state index in [1.54, 1.807) is 22.9 Å². The molecule has 2 aromatic rings. The predicted molar refractivity (Wildman–Crippen MR) is 93.9 cm³/mol. The van der Waals surface area contributed by atoms with Crippen LogP contribution in [0.25, 0.3) is 0 Å². The zero-order chi connectivity index (χ0) is 18.4. The van der Waals surface area contributed by atoms with Gasteiger partial charge >= 0.3 is 0 Å². The normalized spacial score (nSPS) is 16.4. The number of rotatable bonds is 3. The van der Waals surface area contributed by atoms with Crippen molar-refractivity contribution < 1.29 is 13.2 Å². The van der Waals surface area contributed by atoms with E-state index in [-0.39, 0.29) is 22.6 Å². The maximum atomic E-state index is 12.9. The minimum Gasteiger partial charge on any atom is -0.308 e. The van der Waals surface area contributed by atoms with Crippen LogP contribution in [0.15, 0.2) is 39.6 Å². The number of carbonyl (C=O) groups excluding carboxylic acids is 1. The predicted octanol–water partition coefficient (Wildman–Crippen LogP) is 1.96. The van der Waals surface area contributed by atoms with Gasteiger partial charge in [-0.1, -0.05) is 26.0 Å². The van der Waals surface area contributed by atoms with Crippen molar-refractivity contribution in [2.45, 2.75) is 38.6 Å². The van der Waals surface area contributed by atoms with E-state index in [2.05, 4.69) is 14.8 Å². The highest BCUT2D eigenvalue weighted by atomic mass is 32.2. The van der Waals surface area contributed by atoms with Crippen molar-refractivity contribution in [1.82, 2.24) is 15.1 Å². The number of sulfonamides is 1. The third kappa shape index (κ3) is 3.09. The molecule has 0 radical (unpaired) electrons. The Morgan fingerprint density at radius 2 is 1.88 bits per heavy atom. The fraction of sp³-hybridized carbons (Fsp3) is 0.353. The molecule has 1 N–H and O–H groups in total. The molecule has 1 aliphatic rings. The molecule has 1 amide bonds. The summed E-state index contributed by atoms with van der Waals surface area (Å²) in [6.07, 6.45) is 0. The largest absolute Gasteiger partial charge is 0.308 e. The summed E-state index contributed by atoms with van der Waals surface area (Å²) in [6, 6.07) is 7.79. The lowest BCUT2D eigenvalue weighted by Gasteiger charge is -2.22. The number of nitrogens with zero attached hydrogens (tertiary/aromatic N) is 3. The van der Waals surface area contributed by atoms with Crippen molar-refractivity contribution in [3.63, 3.8) is 0 Å². The third-order valence-electron chi connectivity index (χ3n) is 4.08. The molecule has 0 saturated heterocycles. The standard InChI is InChI=1S/C17H20N4O3S/c1-10(2)15(21-12(4)9-11(3)19-21)17(22)18-16-13-7-5-6-8-14(13)25(23,24)20-16/h5-10,15H,1-4H3,(H,18,20,22). The molecule has 0 spiro atoms. The van der Waals surface area contributed by atoms with Gasteiger partial charge in [-0.05, 0) is 38.0 Å². The van der Waals surface area contributed by atoms with Crippen LogP contribution in [-0.4, -0.2) is 29.9 Å². The lowest BCUT2D eigenvalue weighted by Crippen LogP contribution is -2.39. The SMILES string of the molecule is Cc1cc(C)n(C(C(=O)NC2=NS(=O)(=O)c3ccccc32)C(C)C)n1. The van der Waals surface area contributed by atoms with Crippen molar-refractivity contribution in [2.24, 2.45) is 10.3 Å². The minimum absolute atomic E-state index is 0.0353. The zero-order valence-corrected chi connectivity index (χ0v) is 15.3. The van der Waals surface area contributed by atoms with Gasteiger partial charge in [0.25, 0.3) is 15.9 Å². The second-order valence-electron chi connectivity index (χ2n) is 6.46. The number of benzene rings is 1. The Balaban J connectivity index is 1.95. The van der Waals surface area contributed by atoms with Gasteiger partial charge in [0, 0.05) is 11.3 Å². The molecule has 1 aromatic carbocycles. The number of amidine groups is 1. The van der Waals surface area contributed by atoms with Gasteiger partial charge in [-0.15, -0.1) is 4.40 Å². The molecule has 0 bridgehead atoms. The first-order valence-electron chi connectivity index (χ1n) is 7.98. The van der Waals surface area contributed by atoms with Gasteiger partial charge in [0.05, 0.1) is 5.69 Å². The second-order valence-corrected chi connectivity index (χ2v) is 8.03. The number of hydrogen-bond acceptors (Lipinski definition) is 4. The van der Waals surface area contributed by atoms with Crippen LogP contribution in [0.3, 0.4) is 0 Å². The first kappa shape index (κ1) is 17.3. The molecule has 3 rings (SSSR count). The maximum Gasteiger partial charge on any atom is 0.285 e. The summed E-state index contributed by atoms with van der Waals surface area (Å²) < 4.78 is 29.6. The van der Waals surface area contributed by atoms with Crippen LogP contribution in [0.2, 0.25) is 0 Å². The molecule has 1 aromatic heterocycles. The van der Waals surface area contributed by atoms with E-state index in [4.69, 9.17) is 0 Å². The fourth-order valence-electron chi connectivity index (χ4n) is 3.01. The minimum atomic E-state index is -3.76. The van der Waals surface area contributed by atoms with E-state index in [0.29, 0.717) is 5.56 Å². The second kappa shape index (κ2) is 6.11. The summed E-state index contributed by atoms with van der Waals surface area (Å²) in [4.78, 5) is 13.0. The van der Waals surface area contributed by atoms with Gasteiger partial charge in [0.2, 0.25) is 0 Å².